The van der Waals surface area contributed by atoms with Crippen molar-refractivity contribution in [2.24, 2.45) is 0 Å². The van der Waals surface area contributed by atoms with Gasteiger partial charge >= 0.3 is 24.3 Å². The Kier molecular flexibility index (Phi) is 9.85. The lowest BCUT2D eigenvalue weighted by Crippen LogP contribution is -2.64. The molecule has 0 saturated carbocycles. The molecule has 2 aliphatic heterocycles. The third-order valence-corrected chi connectivity index (χ3v) is 4.28. The number of pyridine rings is 1. The van der Waals surface area contributed by atoms with Crippen LogP contribution in [-0.2, 0) is 25.7 Å². The van der Waals surface area contributed by atoms with E-state index in [1.165, 1.54) is 5.56 Å². The van der Waals surface area contributed by atoms with Crippen LogP contribution in [0.1, 0.15) is 18.4 Å². The summed E-state index contributed by atoms with van der Waals surface area (Å²) in [6, 6.07) is 4.01. The average molecular weight is 476 g/mol. The summed E-state index contributed by atoms with van der Waals surface area (Å²) in [6.45, 7) is 3.60. The topological polar surface area (TPSA) is 109 Å². The first-order chi connectivity index (χ1) is 14.6. The second-order valence-corrected chi connectivity index (χ2v) is 7.09. The summed E-state index contributed by atoms with van der Waals surface area (Å²) in [6.07, 6.45) is -4.17. The van der Waals surface area contributed by atoms with Gasteiger partial charge in [-0.2, -0.15) is 26.3 Å². The van der Waals surface area contributed by atoms with Crippen molar-refractivity contribution in [3.63, 3.8) is 0 Å². The maximum atomic E-state index is 10.6. The maximum absolute atomic E-state index is 10.6. The Hall–Kier alpha value is -2.45. The Morgan fingerprint density at radius 2 is 1.59 bits per heavy atom. The van der Waals surface area contributed by atoms with E-state index < -0.39 is 24.3 Å². The minimum atomic E-state index is -5.08. The molecule has 3 rings (SSSR count). The number of carbonyl (C=O) groups is 2. The van der Waals surface area contributed by atoms with Gasteiger partial charge in [0.05, 0.1) is 18.3 Å². The smallest absolute Gasteiger partial charge is 0.475 e. The SMILES string of the molecule is CN1CC2(CC(OCc3ccncc3)CCO2)C1.O=C(O)C(F)(F)F.O=C(O)C(F)(F)F. The summed E-state index contributed by atoms with van der Waals surface area (Å²) in [5.74, 6) is -5.51. The van der Waals surface area contributed by atoms with Crippen molar-refractivity contribution in [2.45, 2.75) is 43.5 Å². The summed E-state index contributed by atoms with van der Waals surface area (Å²) in [5.41, 5.74) is 1.27. The van der Waals surface area contributed by atoms with E-state index in [-0.39, 0.29) is 5.60 Å². The van der Waals surface area contributed by atoms with Crippen molar-refractivity contribution in [3.8, 4) is 0 Å². The lowest BCUT2D eigenvalue weighted by molar-refractivity contribution is -0.193. The van der Waals surface area contributed by atoms with Crippen LogP contribution in [0.3, 0.4) is 0 Å². The molecule has 8 nitrogen and oxygen atoms in total. The van der Waals surface area contributed by atoms with Gasteiger partial charge in [0.15, 0.2) is 0 Å². The molecule has 0 bridgehead atoms. The molecule has 1 atom stereocenters. The molecule has 1 aromatic rings. The lowest BCUT2D eigenvalue weighted by Gasteiger charge is -2.51. The Morgan fingerprint density at radius 1 is 1.12 bits per heavy atom. The van der Waals surface area contributed by atoms with E-state index in [2.05, 4.69) is 16.9 Å². The minimum absolute atomic E-state index is 0.0793. The van der Waals surface area contributed by atoms with Gasteiger partial charge < -0.3 is 24.6 Å². The molecule has 0 aromatic carbocycles. The highest BCUT2D eigenvalue weighted by Crippen LogP contribution is 2.34. The van der Waals surface area contributed by atoms with Crippen LogP contribution in [0, 0.1) is 0 Å². The van der Waals surface area contributed by atoms with Gasteiger partial charge in [0.2, 0.25) is 0 Å². The van der Waals surface area contributed by atoms with Gasteiger partial charge in [-0.1, -0.05) is 0 Å². The van der Waals surface area contributed by atoms with Crippen LogP contribution in [0.15, 0.2) is 24.5 Å². The number of aromatic nitrogens is 1. The van der Waals surface area contributed by atoms with E-state index in [4.69, 9.17) is 29.3 Å². The molecule has 0 aliphatic carbocycles. The van der Waals surface area contributed by atoms with Crippen molar-refractivity contribution >= 4 is 11.9 Å². The van der Waals surface area contributed by atoms with Crippen molar-refractivity contribution < 1.29 is 55.6 Å². The molecule has 3 heterocycles. The number of likely N-dealkylation sites (N-methyl/N-ethyl adjacent to an activating group) is 1. The quantitative estimate of drug-likeness (QED) is 0.642. The number of likely N-dealkylation sites (tertiary alicyclic amines) is 1. The van der Waals surface area contributed by atoms with Crippen LogP contribution in [-0.4, -0.2) is 82.8 Å². The number of alkyl halides is 6. The number of hydrogen-bond donors (Lipinski definition) is 2. The molecule has 2 N–H and O–H groups in total. The van der Waals surface area contributed by atoms with Crippen molar-refractivity contribution in [3.05, 3.63) is 30.1 Å². The van der Waals surface area contributed by atoms with Gasteiger partial charge in [-0.15, -0.1) is 0 Å². The fraction of sp³-hybridized carbons (Fsp3) is 0.611. The second kappa shape index (κ2) is 11.4. The van der Waals surface area contributed by atoms with Gasteiger partial charge in [-0.25, -0.2) is 9.59 Å². The van der Waals surface area contributed by atoms with Gasteiger partial charge in [-0.3, -0.25) is 4.98 Å². The number of carboxylic acids is 2. The predicted octanol–water partition coefficient (Wildman–Crippen LogP) is 2.73. The van der Waals surface area contributed by atoms with E-state index in [1.54, 1.807) is 0 Å². The largest absolute Gasteiger partial charge is 0.490 e. The molecule has 1 spiro atoms. The van der Waals surface area contributed by atoms with Crippen LogP contribution in [0.5, 0.6) is 0 Å². The molecule has 1 unspecified atom stereocenters. The van der Waals surface area contributed by atoms with Gasteiger partial charge in [-0.05, 0) is 31.2 Å². The minimum Gasteiger partial charge on any atom is -0.475 e. The van der Waals surface area contributed by atoms with Crippen molar-refractivity contribution in [2.75, 3.05) is 26.7 Å². The molecule has 2 aliphatic rings. The fourth-order valence-electron chi connectivity index (χ4n) is 2.98. The van der Waals surface area contributed by atoms with Crippen LogP contribution in [0.25, 0.3) is 0 Å². The van der Waals surface area contributed by atoms with Crippen LogP contribution < -0.4 is 0 Å². The highest BCUT2D eigenvalue weighted by molar-refractivity contribution is 5.73. The first-order valence-corrected chi connectivity index (χ1v) is 9.08. The number of hydrogen-bond acceptors (Lipinski definition) is 6. The third kappa shape index (κ3) is 9.78. The zero-order valence-electron chi connectivity index (χ0n) is 16.8. The highest BCUT2D eigenvalue weighted by Gasteiger charge is 2.46. The predicted molar refractivity (Wildman–Crippen MR) is 95.6 cm³/mol. The average Bonchev–Trinajstić information content (AvgIpc) is 2.66. The van der Waals surface area contributed by atoms with E-state index >= 15 is 0 Å². The summed E-state index contributed by atoms with van der Waals surface area (Å²) in [4.78, 5) is 24.1. The van der Waals surface area contributed by atoms with Crippen molar-refractivity contribution in [1.29, 1.82) is 0 Å². The molecule has 182 valence electrons. The van der Waals surface area contributed by atoms with Crippen molar-refractivity contribution in [1.82, 2.24) is 9.88 Å². The number of aliphatic carboxylic acids is 2. The number of halogens is 6. The van der Waals surface area contributed by atoms with E-state index in [0.717, 1.165) is 32.5 Å². The van der Waals surface area contributed by atoms with Crippen LogP contribution in [0.4, 0.5) is 26.3 Å². The Morgan fingerprint density at radius 3 is 2.00 bits per heavy atom. The third-order valence-electron chi connectivity index (χ3n) is 4.28. The number of nitrogens with zero attached hydrogens (tertiary/aromatic N) is 2. The summed E-state index contributed by atoms with van der Waals surface area (Å²) in [5, 5.41) is 14.2. The van der Waals surface area contributed by atoms with E-state index in [1.807, 2.05) is 24.5 Å². The molecule has 2 fully saturated rings. The molecule has 14 heteroatoms. The lowest BCUT2D eigenvalue weighted by atomic mass is 9.85. The number of ether oxygens (including phenoxy) is 2. The van der Waals surface area contributed by atoms with E-state index in [9.17, 15) is 26.3 Å². The fourth-order valence-corrected chi connectivity index (χ4v) is 2.98. The number of rotatable bonds is 3. The van der Waals surface area contributed by atoms with E-state index in [0.29, 0.717) is 12.7 Å². The Bertz CT molecular complexity index is 708. The summed E-state index contributed by atoms with van der Waals surface area (Å²) >= 11 is 0. The standard InChI is InChI=1S/C14H20N2O2.2C2HF3O2/c1-16-10-14(11-16)8-13(4-7-18-14)17-9-12-2-5-15-6-3-12;2*3-2(4,5)1(6)7/h2-3,5-6,13H,4,7-11H2,1H3;2*(H,6,7). The van der Waals surface area contributed by atoms with Gasteiger partial charge in [0, 0.05) is 38.5 Å². The molecule has 2 saturated heterocycles. The Labute approximate surface area is 178 Å². The molecule has 0 amide bonds. The summed E-state index contributed by atoms with van der Waals surface area (Å²) < 4.78 is 75.4. The van der Waals surface area contributed by atoms with Gasteiger partial charge in [0.1, 0.15) is 0 Å². The maximum Gasteiger partial charge on any atom is 0.490 e. The first kappa shape index (κ1) is 27.6. The monoisotopic (exact) mass is 476 g/mol. The Balaban J connectivity index is 0.000000305. The van der Waals surface area contributed by atoms with Gasteiger partial charge in [0.25, 0.3) is 0 Å². The zero-order valence-corrected chi connectivity index (χ0v) is 16.8. The highest BCUT2D eigenvalue weighted by atomic mass is 19.4. The zero-order chi connectivity index (χ0) is 24.6. The molecule has 0 radical (unpaired) electrons. The van der Waals surface area contributed by atoms with Crippen LogP contribution >= 0.6 is 0 Å². The molecule has 1 aromatic heterocycles. The normalized spacial score (nSPS) is 20.2. The molecular weight excluding hydrogens is 454 g/mol. The second-order valence-electron chi connectivity index (χ2n) is 7.09. The number of carboxylic acid groups (broad SMARTS) is 2. The summed E-state index contributed by atoms with van der Waals surface area (Å²) in [7, 11) is 2.13. The first-order valence-electron chi connectivity index (χ1n) is 9.08. The molecular formula is C18H22F6N2O6. The van der Waals surface area contributed by atoms with Crippen LogP contribution in [0.2, 0.25) is 0 Å². The molecule has 32 heavy (non-hydrogen) atoms.